The Kier molecular flexibility index (Phi) is 6.21. The predicted octanol–water partition coefficient (Wildman–Crippen LogP) is 5.65. The van der Waals surface area contributed by atoms with E-state index in [-0.39, 0.29) is 5.41 Å². The molecule has 0 nitrogen and oxygen atoms in total. The quantitative estimate of drug-likeness (QED) is 0.560. The fraction of sp³-hybridized carbons (Fsp3) is 0.647. The molecule has 0 amide bonds. The summed E-state index contributed by atoms with van der Waals surface area (Å²) in [6.45, 7) is 9.22. The normalized spacial score (nSPS) is 16.6. The van der Waals surface area contributed by atoms with E-state index in [2.05, 4.69) is 58.0 Å². The van der Waals surface area contributed by atoms with Crippen molar-refractivity contribution in [2.45, 2.75) is 52.4 Å². The van der Waals surface area contributed by atoms with Gasteiger partial charge in [0.05, 0.1) is 0 Å². The molecule has 0 heterocycles. The van der Waals surface area contributed by atoms with Gasteiger partial charge in [0.2, 0.25) is 0 Å². The summed E-state index contributed by atoms with van der Waals surface area (Å²) >= 11 is 6.34. The van der Waals surface area contributed by atoms with Gasteiger partial charge in [0, 0.05) is 11.3 Å². The molecule has 0 saturated carbocycles. The smallest absolute Gasteiger partial charge is 0.0320 e. The van der Waals surface area contributed by atoms with Gasteiger partial charge < -0.3 is 0 Å². The number of hydrogen-bond donors (Lipinski definition) is 0. The van der Waals surface area contributed by atoms with Crippen LogP contribution in [-0.2, 0) is 5.41 Å². The number of rotatable bonds is 7. The summed E-state index contributed by atoms with van der Waals surface area (Å²) < 4.78 is 0. The molecule has 1 rings (SSSR count). The third-order valence-corrected chi connectivity index (χ3v) is 4.44. The molecular formula is C17H27Cl. The molecule has 2 atom stereocenters. The Balaban J connectivity index is 2.87. The summed E-state index contributed by atoms with van der Waals surface area (Å²) in [6.07, 6.45) is 3.59. The first-order valence-corrected chi connectivity index (χ1v) is 7.69. The molecule has 0 bridgehead atoms. The lowest BCUT2D eigenvalue weighted by molar-refractivity contribution is 0.309. The van der Waals surface area contributed by atoms with Crippen molar-refractivity contribution in [2.24, 2.45) is 11.8 Å². The molecule has 1 heteroatoms. The SMILES string of the molecule is CCC(CCl)(CC(C)CC(C)C)c1ccccc1. The molecule has 102 valence electrons. The minimum atomic E-state index is 0.150. The first kappa shape index (κ1) is 15.6. The van der Waals surface area contributed by atoms with Crippen LogP contribution in [-0.4, -0.2) is 5.88 Å². The van der Waals surface area contributed by atoms with Crippen LogP contribution in [0.2, 0.25) is 0 Å². The Labute approximate surface area is 118 Å². The first-order valence-electron chi connectivity index (χ1n) is 7.15. The minimum absolute atomic E-state index is 0.150. The summed E-state index contributed by atoms with van der Waals surface area (Å²) in [5.41, 5.74) is 1.55. The summed E-state index contributed by atoms with van der Waals surface area (Å²) in [5.74, 6) is 2.21. The average molecular weight is 267 g/mol. The highest BCUT2D eigenvalue weighted by molar-refractivity contribution is 6.18. The number of alkyl halides is 1. The van der Waals surface area contributed by atoms with Crippen molar-refractivity contribution in [1.29, 1.82) is 0 Å². The second kappa shape index (κ2) is 7.19. The van der Waals surface area contributed by atoms with Crippen LogP contribution >= 0.6 is 11.6 Å². The second-order valence-corrected chi connectivity index (χ2v) is 6.34. The van der Waals surface area contributed by atoms with Gasteiger partial charge in [-0.3, -0.25) is 0 Å². The Hall–Kier alpha value is -0.490. The summed E-state index contributed by atoms with van der Waals surface area (Å²) in [5, 5.41) is 0. The van der Waals surface area contributed by atoms with Crippen LogP contribution in [0.25, 0.3) is 0 Å². The van der Waals surface area contributed by atoms with Gasteiger partial charge in [-0.15, -0.1) is 11.6 Å². The van der Waals surface area contributed by atoms with Gasteiger partial charge in [0.15, 0.2) is 0 Å². The van der Waals surface area contributed by atoms with Gasteiger partial charge in [-0.25, -0.2) is 0 Å². The molecular weight excluding hydrogens is 240 g/mol. The molecule has 1 aromatic rings. The van der Waals surface area contributed by atoms with Crippen LogP contribution in [0.5, 0.6) is 0 Å². The second-order valence-electron chi connectivity index (χ2n) is 6.07. The predicted molar refractivity (Wildman–Crippen MR) is 82.4 cm³/mol. The van der Waals surface area contributed by atoms with E-state index in [1.807, 2.05) is 0 Å². The zero-order valence-corrected chi connectivity index (χ0v) is 13.0. The maximum absolute atomic E-state index is 6.34. The Morgan fingerprint density at radius 3 is 2.17 bits per heavy atom. The summed E-state index contributed by atoms with van der Waals surface area (Å²) in [4.78, 5) is 0. The molecule has 1 aromatic carbocycles. The molecule has 0 radical (unpaired) electrons. The minimum Gasteiger partial charge on any atom is -0.126 e. The van der Waals surface area contributed by atoms with E-state index in [1.165, 1.54) is 18.4 Å². The third kappa shape index (κ3) is 4.02. The van der Waals surface area contributed by atoms with E-state index in [9.17, 15) is 0 Å². The highest BCUT2D eigenvalue weighted by Crippen LogP contribution is 2.37. The molecule has 2 unspecified atom stereocenters. The highest BCUT2D eigenvalue weighted by Gasteiger charge is 2.31. The maximum atomic E-state index is 6.34. The number of hydrogen-bond acceptors (Lipinski definition) is 0. The fourth-order valence-corrected chi connectivity index (χ4v) is 3.49. The number of halogens is 1. The monoisotopic (exact) mass is 266 g/mol. The average Bonchev–Trinajstić information content (AvgIpc) is 2.36. The first-order chi connectivity index (χ1) is 8.54. The van der Waals surface area contributed by atoms with Crippen LogP contribution in [0, 0.1) is 11.8 Å². The van der Waals surface area contributed by atoms with Crippen LogP contribution < -0.4 is 0 Å². The van der Waals surface area contributed by atoms with E-state index in [0.717, 1.165) is 24.1 Å². The standard InChI is InChI=1S/C17H27Cl/c1-5-17(13-18,12-15(4)11-14(2)3)16-9-7-6-8-10-16/h6-10,14-15H,5,11-13H2,1-4H3. The summed E-state index contributed by atoms with van der Waals surface area (Å²) in [6, 6.07) is 10.8. The molecule has 0 fully saturated rings. The van der Waals surface area contributed by atoms with E-state index in [1.54, 1.807) is 0 Å². The lowest BCUT2D eigenvalue weighted by Gasteiger charge is -2.34. The largest absolute Gasteiger partial charge is 0.126 e. The van der Waals surface area contributed by atoms with Crippen molar-refractivity contribution >= 4 is 11.6 Å². The van der Waals surface area contributed by atoms with Crippen molar-refractivity contribution in [3.63, 3.8) is 0 Å². The van der Waals surface area contributed by atoms with E-state index < -0.39 is 0 Å². The molecule has 0 aliphatic carbocycles. The molecule has 0 spiro atoms. The maximum Gasteiger partial charge on any atom is 0.0320 e. The molecule has 0 N–H and O–H groups in total. The zero-order chi connectivity index (χ0) is 13.6. The van der Waals surface area contributed by atoms with Crippen LogP contribution in [0.15, 0.2) is 30.3 Å². The molecule has 0 aliphatic rings. The van der Waals surface area contributed by atoms with Gasteiger partial charge in [-0.2, -0.15) is 0 Å². The van der Waals surface area contributed by atoms with Gasteiger partial charge in [-0.05, 0) is 36.7 Å². The van der Waals surface area contributed by atoms with Crippen LogP contribution in [0.3, 0.4) is 0 Å². The zero-order valence-electron chi connectivity index (χ0n) is 12.2. The van der Waals surface area contributed by atoms with Gasteiger partial charge in [0.25, 0.3) is 0 Å². The molecule has 0 aliphatic heterocycles. The van der Waals surface area contributed by atoms with Gasteiger partial charge >= 0.3 is 0 Å². The lowest BCUT2D eigenvalue weighted by atomic mass is 9.72. The number of benzene rings is 1. The van der Waals surface area contributed by atoms with Crippen LogP contribution in [0.4, 0.5) is 0 Å². The van der Waals surface area contributed by atoms with E-state index >= 15 is 0 Å². The van der Waals surface area contributed by atoms with Crippen molar-refractivity contribution in [3.05, 3.63) is 35.9 Å². The van der Waals surface area contributed by atoms with E-state index in [0.29, 0.717) is 0 Å². The lowest BCUT2D eigenvalue weighted by Crippen LogP contribution is -2.30. The van der Waals surface area contributed by atoms with Crippen molar-refractivity contribution in [2.75, 3.05) is 5.88 Å². The van der Waals surface area contributed by atoms with Crippen molar-refractivity contribution < 1.29 is 0 Å². The Bertz CT molecular complexity index is 325. The summed E-state index contributed by atoms with van der Waals surface area (Å²) in [7, 11) is 0. The topological polar surface area (TPSA) is 0 Å². The van der Waals surface area contributed by atoms with Crippen molar-refractivity contribution in [3.8, 4) is 0 Å². The van der Waals surface area contributed by atoms with Crippen molar-refractivity contribution in [1.82, 2.24) is 0 Å². The molecule has 0 aromatic heterocycles. The highest BCUT2D eigenvalue weighted by atomic mass is 35.5. The van der Waals surface area contributed by atoms with E-state index in [4.69, 9.17) is 11.6 Å². The Morgan fingerprint density at radius 1 is 1.11 bits per heavy atom. The fourth-order valence-electron chi connectivity index (χ4n) is 3.04. The third-order valence-electron chi connectivity index (χ3n) is 3.93. The van der Waals surface area contributed by atoms with Gasteiger partial charge in [0.1, 0.15) is 0 Å². The Morgan fingerprint density at radius 2 is 1.72 bits per heavy atom. The van der Waals surface area contributed by atoms with Crippen LogP contribution in [0.1, 0.15) is 52.5 Å². The molecule has 0 saturated heterocycles. The van der Waals surface area contributed by atoms with Gasteiger partial charge in [-0.1, -0.05) is 58.0 Å². The molecule has 18 heavy (non-hydrogen) atoms.